The van der Waals surface area contributed by atoms with Crippen molar-refractivity contribution in [3.05, 3.63) is 35.9 Å². The lowest BCUT2D eigenvalue weighted by atomic mass is 10.2. The predicted octanol–water partition coefficient (Wildman–Crippen LogP) is 1.99. The van der Waals surface area contributed by atoms with Crippen LogP contribution in [0.1, 0.15) is 25.2 Å². The molecular formula is C14H13N5O. The van der Waals surface area contributed by atoms with Crippen LogP contribution in [-0.2, 0) is 0 Å². The van der Waals surface area contributed by atoms with Gasteiger partial charge in [-0.3, -0.25) is 4.57 Å². The number of nitrogens with two attached hydrogens (primary N) is 1. The summed E-state index contributed by atoms with van der Waals surface area (Å²) in [6.07, 6.45) is 1.39. The minimum atomic E-state index is -0.0135. The molecule has 0 saturated carbocycles. The average Bonchev–Trinajstić information content (AvgIpc) is 2.83. The number of rotatable bonds is 3. The van der Waals surface area contributed by atoms with E-state index in [4.69, 9.17) is 21.0 Å². The Bertz CT molecular complexity index is 718. The van der Waals surface area contributed by atoms with Crippen molar-refractivity contribution in [3.63, 3.8) is 0 Å². The Balaban J connectivity index is 2.58. The molecular weight excluding hydrogens is 254 g/mol. The highest BCUT2D eigenvalue weighted by molar-refractivity contribution is 5.67. The lowest BCUT2D eigenvalue weighted by Crippen LogP contribution is -2.09. The number of aromatic nitrogens is 2. The first-order valence-corrected chi connectivity index (χ1v) is 6.01. The first-order valence-electron chi connectivity index (χ1n) is 6.01. The highest BCUT2D eigenvalue weighted by atomic mass is 16.5. The molecule has 1 heterocycles. The molecule has 20 heavy (non-hydrogen) atoms. The van der Waals surface area contributed by atoms with Crippen LogP contribution in [0.15, 0.2) is 24.5 Å². The quantitative estimate of drug-likeness (QED) is 0.857. The molecule has 0 unspecified atom stereocenters. The van der Waals surface area contributed by atoms with Crippen LogP contribution in [-0.4, -0.2) is 15.7 Å². The number of imidazole rings is 1. The van der Waals surface area contributed by atoms with E-state index in [1.807, 2.05) is 26.0 Å². The summed E-state index contributed by atoms with van der Waals surface area (Å²) in [4.78, 5) is 3.90. The third-order valence-electron chi connectivity index (χ3n) is 2.64. The maximum Gasteiger partial charge on any atom is 0.177 e. The molecule has 0 aliphatic heterocycles. The molecule has 1 aromatic heterocycles. The van der Waals surface area contributed by atoms with Crippen LogP contribution in [0.4, 0.5) is 5.69 Å². The van der Waals surface area contributed by atoms with Gasteiger partial charge >= 0.3 is 0 Å². The van der Waals surface area contributed by atoms with Crippen LogP contribution in [0, 0.1) is 22.7 Å². The second-order valence-electron chi connectivity index (χ2n) is 4.39. The van der Waals surface area contributed by atoms with Crippen LogP contribution in [0.25, 0.3) is 5.69 Å². The second kappa shape index (κ2) is 5.33. The Kier molecular flexibility index (Phi) is 3.58. The summed E-state index contributed by atoms with van der Waals surface area (Å²) in [6.45, 7) is 3.80. The molecule has 1 aromatic carbocycles. The molecule has 0 spiro atoms. The molecule has 0 fully saturated rings. The second-order valence-corrected chi connectivity index (χ2v) is 4.39. The van der Waals surface area contributed by atoms with Gasteiger partial charge in [-0.05, 0) is 26.0 Å². The van der Waals surface area contributed by atoms with E-state index in [0.717, 1.165) is 0 Å². The standard InChI is InChI=1S/C14H13N5O/c1-9(2)20-13-5-3-4-11(14(13)17)19-8-18-10(6-15)12(19)7-16/h3-5,8-9H,17H2,1-2H3. The number of nitrogen functional groups attached to an aromatic ring is 1. The van der Waals surface area contributed by atoms with Gasteiger partial charge in [0.2, 0.25) is 0 Å². The number of hydrogen-bond acceptors (Lipinski definition) is 5. The number of para-hydroxylation sites is 1. The normalized spacial score (nSPS) is 10.1. The predicted molar refractivity (Wildman–Crippen MR) is 73.2 cm³/mol. The molecule has 6 nitrogen and oxygen atoms in total. The van der Waals surface area contributed by atoms with Crippen molar-refractivity contribution in [2.75, 3.05) is 5.73 Å². The third-order valence-corrected chi connectivity index (χ3v) is 2.64. The van der Waals surface area contributed by atoms with Crippen molar-refractivity contribution < 1.29 is 4.74 Å². The zero-order valence-corrected chi connectivity index (χ0v) is 11.2. The number of hydrogen-bond donors (Lipinski definition) is 1. The summed E-state index contributed by atoms with van der Waals surface area (Å²) >= 11 is 0. The number of nitrogens with zero attached hydrogens (tertiary/aromatic N) is 4. The topological polar surface area (TPSA) is 101 Å². The van der Waals surface area contributed by atoms with E-state index in [1.54, 1.807) is 18.2 Å². The molecule has 2 rings (SSSR count). The lowest BCUT2D eigenvalue weighted by Gasteiger charge is -2.15. The summed E-state index contributed by atoms with van der Waals surface area (Å²) in [5, 5.41) is 18.1. The Morgan fingerprint density at radius 3 is 2.65 bits per heavy atom. The molecule has 2 N–H and O–H groups in total. The fourth-order valence-electron chi connectivity index (χ4n) is 1.82. The van der Waals surface area contributed by atoms with Gasteiger partial charge in [-0.1, -0.05) is 6.07 Å². The molecule has 100 valence electrons. The van der Waals surface area contributed by atoms with E-state index >= 15 is 0 Å². The minimum absolute atomic E-state index is 0.0135. The van der Waals surface area contributed by atoms with Crippen LogP contribution in [0.3, 0.4) is 0 Å². The van der Waals surface area contributed by atoms with Crippen LogP contribution in [0.5, 0.6) is 5.75 Å². The van der Waals surface area contributed by atoms with E-state index in [-0.39, 0.29) is 17.5 Å². The molecule has 0 saturated heterocycles. The van der Waals surface area contributed by atoms with E-state index in [1.165, 1.54) is 10.9 Å². The molecule has 0 radical (unpaired) electrons. The average molecular weight is 267 g/mol. The van der Waals surface area contributed by atoms with Crippen molar-refractivity contribution in [1.82, 2.24) is 9.55 Å². The van der Waals surface area contributed by atoms with Gasteiger partial charge < -0.3 is 10.5 Å². The maximum absolute atomic E-state index is 9.15. The molecule has 0 atom stereocenters. The summed E-state index contributed by atoms with van der Waals surface area (Å²) in [5.74, 6) is 0.536. The van der Waals surface area contributed by atoms with Gasteiger partial charge in [0.15, 0.2) is 11.4 Å². The molecule has 2 aromatic rings. The number of benzene rings is 1. The highest BCUT2D eigenvalue weighted by Crippen LogP contribution is 2.30. The van der Waals surface area contributed by atoms with Crippen LogP contribution in [0.2, 0.25) is 0 Å². The van der Waals surface area contributed by atoms with E-state index < -0.39 is 0 Å². The zero-order valence-electron chi connectivity index (χ0n) is 11.2. The number of ether oxygens (including phenoxy) is 1. The third kappa shape index (κ3) is 2.27. The maximum atomic E-state index is 9.15. The number of nitriles is 2. The monoisotopic (exact) mass is 267 g/mol. The molecule has 0 bridgehead atoms. The Hall–Kier alpha value is -2.99. The van der Waals surface area contributed by atoms with Gasteiger partial charge in [0.05, 0.1) is 17.5 Å². The first-order chi connectivity index (χ1) is 9.58. The van der Waals surface area contributed by atoms with Gasteiger partial charge in [0, 0.05) is 0 Å². The SMILES string of the molecule is CC(C)Oc1cccc(-n2cnc(C#N)c2C#N)c1N. The Labute approximate surface area is 116 Å². The Morgan fingerprint density at radius 2 is 2.05 bits per heavy atom. The van der Waals surface area contributed by atoms with Gasteiger partial charge in [-0.25, -0.2) is 4.98 Å². The lowest BCUT2D eigenvalue weighted by molar-refractivity contribution is 0.244. The summed E-state index contributed by atoms with van der Waals surface area (Å²) < 4.78 is 7.09. The van der Waals surface area contributed by atoms with Gasteiger partial charge in [-0.2, -0.15) is 10.5 Å². The van der Waals surface area contributed by atoms with Gasteiger partial charge in [0.25, 0.3) is 0 Å². The van der Waals surface area contributed by atoms with Gasteiger partial charge in [0.1, 0.15) is 24.2 Å². The fraction of sp³-hybridized carbons (Fsp3) is 0.214. The van der Waals surface area contributed by atoms with E-state index in [9.17, 15) is 0 Å². The van der Waals surface area contributed by atoms with Crippen LogP contribution >= 0.6 is 0 Å². The Morgan fingerprint density at radius 1 is 1.30 bits per heavy atom. The van der Waals surface area contributed by atoms with Gasteiger partial charge in [-0.15, -0.1) is 0 Å². The zero-order chi connectivity index (χ0) is 14.7. The highest BCUT2D eigenvalue weighted by Gasteiger charge is 2.15. The van der Waals surface area contributed by atoms with Crippen molar-refractivity contribution >= 4 is 5.69 Å². The number of anilines is 1. The molecule has 0 aliphatic carbocycles. The summed E-state index contributed by atoms with van der Waals surface area (Å²) in [7, 11) is 0. The molecule has 6 heteroatoms. The van der Waals surface area contributed by atoms with Crippen molar-refractivity contribution in [2.24, 2.45) is 0 Å². The molecule has 0 amide bonds. The van der Waals surface area contributed by atoms with E-state index in [0.29, 0.717) is 17.1 Å². The summed E-state index contributed by atoms with van der Waals surface area (Å²) in [6, 6.07) is 9.11. The van der Waals surface area contributed by atoms with Crippen molar-refractivity contribution in [3.8, 4) is 23.6 Å². The largest absolute Gasteiger partial charge is 0.489 e. The smallest absolute Gasteiger partial charge is 0.177 e. The fourth-order valence-corrected chi connectivity index (χ4v) is 1.82. The van der Waals surface area contributed by atoms with E-state index in [2.05, 4.69) is 4.98 Å². The summed E-state index contributed by atoms with van der Waals surface area (Å²) in [5.41, 5.74) is 7.26. The first kappa shape index (κ1) is 13.4. The minimum Gasteiger partial charge on any atom is -0.489 e. The van der Waals surface area contributed by atoms with Crippen LogP contribution < -0.4 is 10.5 Å². The molecule has 0 aliphatic rings. The van der Waals surface area contributed by atoms with Crippen molar-refractivity contribution in [1.29, 1.82) is 10.5 Å². The van der Waals surface area contributed by atoms with Crippen molar-refractivity contribution in [2.45, 2.75) is 20.0 Å².